The molecule has 0 aromatic heterocycles. The molecule has 3 rings (SSSR count). The molecule has 3 aromatic carbocycles. The number of hydrogen-bond donors (Lipinski definition) is 0. The smallest absolute Gasteiger partial charge is 0.249 e. The first-order chi connectivity index (χ1) is 15.6. The Morgan fingerprint density at radius 2 is 1.21 bits per heavy atom. The summed E-state index contributed by atoms with van der Waals surface area (Å²) in [7, 11) is -1.46. The third kappa shape index (κ3) is 4.14. The lowest BCUT2D eigenvalue weighted by atomic mass is 9.95. The summed E-state index contributed by atoms with van der Waals surface area (Å²) in [5.41, 5.74) is 3.03. The summed E-state index contributed by atoms with van der Waals surface area (Å²) in [5, 5.41) is 0.182. The maximum Gasteiger partial charge on any atom is 0.249 e. The third-order valence-corrected chi connectivity index (χ3v) is 8.74. The van der Waals surface area contributed by atoms with Gasteiger partial charge in [0.15, 0.2) is 0 Å². The predicted molar refractivity (Wildman–Crippen MR) is 132 cm³/mol. The Morgan fingerprint density at radius 3 is 1.73 bits per heavy atom. The SMILES string of the molecule is COc1cc(C)cc(OC)c1C(=O)P(=O)(C(=O)c1c(C)cc(C)c(C)c1C)c1ccccc1. The molecule has 0 amide bonds. The number of rotatable bonds is 7. The van der Waals surface area contributed by atoms with Crippen LogP contribution >= 0.6 is 7.14 Å². The highest BCUT2D eigenvalue weighted by Gasteiger charge is 2.46. The summed E-state index contributed by atoms with van der Waals surface area (Å²) < 4.78 is 25.6. The minimum atomic E-state index is -4.32. The van der Waals surface area contributed by atoms with Crippen molar-refractivity contribution in [3.63, 3.8) is 0 Å². The van der Waals surface area contributed by atoms with E-state index in [0.29, 0.717) is 11.1 Å². The molecule has 1 unspecified atom stereocenters. The van der Waals surface area contributed by atoms with Crippen molar-refractivity contribution in [3.8, 4) is 11.5 Å². The molecule has 0 saturated carbocycles. The molecule has 0 aliphatic rings. The highest BCUT2D eigenvalue weighted by Crippen LogP contribution is 2.54. The Morgan fingerprint density at radius 1 is 0.697 bits per heavy atom. The molecule has 6 heteroatoms. The van der Waals surface area contributed by atoms with Gasteiger partial charge in [-0.1, -0.05) is 36.4 Å². The van der Waals surface area contributed by atoms with Crippen LogP contribution in [0.5, 0.6) is 11.5 Å². The molecular weight excluding hydrogens is 435 g/mol. The number of carbonyl (C=O) groups excluding carboxylic acids is 2. The molecule has 0 spiro atoms. The van der Waals surface area contributed by atoms with Crippen LogP contribution < -0.4 is 14.8 Å². The van der Waals surface area contributed by atoms with Gasteiger partial charge in [0.1, 0.15) is 17.1 Å². The largest absolute Gasteiger partial charge is 0.496 e. The summed E-state index contributed by atoms with van der Waals surface area (Å²) in [5.74, 6) is 0.434. The molecule has 0 saturated heterocycles. The van der Waals surface area contributed by atoms with Crippen LogP contribution in [0.1, 0.15) is 48.5 Å². The van der Waals surface area contributed by atoms with E-state index in [4.69, 9.17) is 9.47 Å². The summed E-state index contributed by atoms with van der Waals surface area (Å²) in [6.07, 6.45) is 0. The second-order valence-corrected chi connectivity index (χ2v) is 10.8. The van der Waals surface area contributed by atoms with Gasteiger partial charge in [-0.2, -0.15) is 0 Å². The van der Waals surface area contributed by atoms with Gasteiger partial charge < -0.3 is 14.0 Å². The molecule has 172 valence electrons. The highest BCUT2D eigenvalue weighted by atomic mass is 31.2. The quantitative estimate of drug-likeness (QED) is 0.406. The Kier molecular flexibility index (Phi) is 6.94. The van der Waals surface area contributed by atoms with E-state index >= 15 is 0 Å². The Labute approximate surface area is 195 Å². The molecule has 33 heavy (non-hydrogen) atoms. The summed E-state index contributed by atoms with van der Waals surface area (Å²) >= 11 is 0. The average Bonchev–Trinajstić information content (AvgIpc) is 2.81. The van der Waals surface area contributed by atoms with Crippen LogP contribution in [0, 0.1) is 34.6 Å². The summed E-state index contributed by atoms with van der Waals surface area (Å²) in [6.45, 7) is 9.35. The van der Waals surface area contributed by atoms with Gasteiger partial charge in [-0.05, 0) is 74.6 Å². The molecule has 1 atom stereocenters. The fourth-order valence-electron chi connectivity index (χ4n) is 4.15. The minimum absolute atomic E-state index is 0.00489. The first-order valence-electron chi connectivity index (χ1n) is 10.6. The van der Waals surface area contributed by atoms with Gasteiger partial charge in [0.25, 0.3) is 0 Å². The van der Waals surface area contributed by atoms with Crippen LogP contribution in [-0.2, 0) is 4.57 Å². The number of hydrogen-bond acceptors (Lipinski definition) is 5. The van der Waals surface area contributed by atoms with Crippen LogP contribution in [-0.4, -0.2) is 25.3 Å². The molecule has 0 aliphatic carbocycles. The molecule has 0 heterocycles. The maximum atomic E-state index is 14.7. The lowest BCUT2D eigenvalue weighted by Gasteiger charge is -2.22. The number of carbonyl (C=O) groups is 2. The van der Waals surface area contributed by atoms with Crippen LogP contribution in [0.2, 0.25) is 0 Å². The van der Waals surface area contributed by atoms with Gasteiger partial charge in [0.05, 0.1) is 14.2 Å². The first-order valence-corrected chi connectivity index (χ1v) is 12.3. The van der Waals surface area contributed by atoms with Gasteiger partial charge in [0.2, 0.25) is 18.2 Å². The number of ether oxygens (including phenoxy) is 2. The molecule has 5 nitrogen and oxygen atoms in total. The number of aryl methyl sites for hydroxylation is 3. The summed E-state index contributed by atoms with van der Waals surface area (Å²) in [6, 6.07) is 13.5. The molecular formula is C27H29O5P. The lowest BCUT2D eigenvalue weighted by molar-refractivity contribution is 0.103. The van der Waals surface area contributed by atoms with Crippen LogP contribution in [0.15, 0.2) is 48.5 Å². The molecule has 0 bridgehead atoms. The highest BCUT2D eigenvalue weighted by molar-refractivity contribution is 8.01. The van der Waals surface area contributed by atoms with E-state index in [9.17, 15) is 14.2 Å². The third-order valence-electron chi connectivity index (χ3n) is 6.13. The van der Waals surface area contributed by atoms with Crippen molar-refractivity contribution in [3.05, 3.63) is 87.5 Å². The average molecular weight is 464 g/mol. The zero-order chi connectivity index (χ0) is 24.5. The fraction of sp³-hybridized carbons (Fsp3) is 0.259. The van der Waals surface area contributed by atoms with Crippen LogP contribution in [0.25, 0.3) is 0 Å². The van der Waals surface area contributed by atoms with Crippen molar-refractivity contribution in [1.29, 1.82) is 0 Å². The molecule has 0 radical (unpaired) electrons. The van der Waals surface area contributed by atoms with Crippen molar-refractivity contribution >= 4 is 23.5 Å². The van der Waals surface area contributed by atoms with E-state index in [1.165, 1.54) is 14.2 Å². The monoisotopic (exact) mass is 464 g/mol. The zero-order valence-electron chi connectivity index (χ0n) is 20.1. The maximum absolute atomic E-state index is 14.7. The Balaban J connectivity index is 2.37. The van der Waals surface area contributed by atoms with Crippen molar-refractivity contribution < 1.29 is 23.6 Å². The van der Waals surface area contributed by atoms with Crippen molar-refractivity contribution in [2.75, 3.05) is 14.2 Å². The van der Waals surface area contributed by atoms with Crippen molar-refractivity contribution in [2.24, 2.45) is 0 Å². The van der Waals surface area contributed by atoms with Gasteiger partial charge in [0, 0.05) is 10.9 Å². The number of methoxy groups -OCH3 is 2. The molecule has 0 N–H and O–H groups in total. The van der Waals surface area contributed by atoms with Crippen LogP contribution in [0.3, 0.4) is 0 Å². The van der Waals surface area contributed by atoms with Crippen LogP contribution in [0.4, 0.5) is 0 Å². The van der Waals surface area contributed by atoms with E-state index in [2.05, 4.69) is 0 Å². The standard InChI is InChI=1S/C27H29O5P/c1-16-13-22(31-6)25(23(14-16)32-7)27(29)33(30,21-11-9-8-10-12-21)26(28)24-18(3)15-17(2)19(4)20(24)5/h8-15H,1-7H3. The second-order valence-electron chi connectivity index (χ2n) is 8.23. The normalized spacial score (nSPS) is 12.7. The predicted octanol–water partition coefficient (Wildman–Crippen LogP) is 5.92. The Bertz CT molecular complexity index is 1270. The number of benzene rings is 3. The van der Waals surface area contributed by atoms with Gasteiger partial charge in [-0.15, -0.1) is 0 Å². The van der Waals surface area contributed by atoms with E-state index in [1.54, 1.807) is 49.4 Å². The lowest BCUT2D eigenvalue weighted by Crippen LogP contribution is -2.23. The van der Waals surface area contributed by atoms with Gasteiger partial charge in [-0.3, -0.25) is 9.59 Å². The molecule has 0 fully saturated rings. The first kappa shape index (κ1) is 24.5. The Hall–Kier alpha value is -3.17. The van der Waals surface area contributed by atoms with E-state index in [1.807, 2.05) is 33.8 Å². The van der Waals surface area contributed by atoms with Crippen molar-refractivity contribution in [2.45, 2.75) is 34.6 Å². The molecule has 0 aliphatic heterocycles. The van der Waals surface area contributed by atoms with Gasteiger partial charge in [-0.25, -0.2) is 0 Å². The second kappa shape index (κ2) is 9.36. The minimum Gasteiger partial charge on any atom is -0.496 e. The van der Waals surface area contributed by atoms with E-state index in [-0.39, 0.29) is 22.4 Å². The van der Waals surface area contributed by atoms with E-state index in [0.717, 1.165) is 22.3 Å². The fourth-order valence-corrected chi connectivity index (χ4v) is 6.59. The zero-order valence-corrected chi connectivity index (χ0v) is 21.0. The van der Waals surface area contributed by atoms with E-state index < -0.39 is 18.2 Å². The molecule has 3 aromatic rings. The van der Waals surface area contributed by atoms with Crippen molar-refractivity contribution in [1.82, 2.24) is 0 Å². The topological polar surface area (TPSA) is 69.7 Å². The van der Waals surface area contributed by atoms with Gasteiger partial charge >= 0.3 is 0 Å². The summed E-state index contributed by atoms with van der Waals surface area (Å²) in [4.78, 5) is 28.2.